The van der Waals surface area contributed by atoms with Crippen LogP contribution in [0.4, 0.5) is 14.9 Å². The Hall–Kier alpha value is -2.15. The second-order valence-corrected chi connectivity index (χ2v) is 4.48. The van der Waals surface area contributed by atoms with Crippen molar-refractivity contribution in [3.05, 3.63) is 29.6 Å². The smallest absolute Gasteiger partial charge is 0.338 e. The van der Waals surface area contributed by atoms with Crippen molar-refractivity contribution >= 4 is 17.7 Å². The first-order valence-corrected chi connectivity index (χ1v) is 6.24. The summed E-state index contributed by atoms with van der Waals surface area (Å²) in [6.07, 6.45) is 1.47. The van der Waals surface area contributed by atoms with Crippen molar-refractivity contribution in [2.75, 3.05) is 18.5 Å². The maximum Gasteiger partial charge on any atom is 0.338 e. The molecule has 0 aliphatic carbocycles. The van der Waals surface area contributed by atoms with Gasteiger partial charge in [-0.2, -0.15) is 0 Å². The second-order valence-electron chi connectivity index (χ2n) is 4.48. The lowest BCUT2D eigenvalue weighted by Gasteiger charge is -2.23. The van der Waals surface area contributed by atoms with E-state index in [1.54, 1.807) is 0 Å². The molecule has 108 valence electrons. The molecule has 1 heterocycles. The van der Waals surface area contributed by atoms with Crippen LogP contribution in [0.5, 0.6) is 0 Å². The molecule has 3 N–H and O–H groups in total. The molecule has 0 bridgehead atoms. The summed E-state index contributed by atoms with van der Waals surface area (Å²) in [6.45, 7) is 1.20. The number of nitrogens with one attached hydrogen (secondary N) is 2. The van der Waals surface area contributed by atoms with Gasteiger partial charge in [-0.05, 0) is 31.0 Å². The molecule has 0 saturated carbocycles. The average molecular weight is 282 g/mol. The summed E-state index contributed by atoms with van der Waals surface area (Å²) in [4.78, 5) is 22.5. The average Bonchev–Trinajstić information content (AvgIpc) is 2.41. The summed E-state index contributed by atoms with van der Waals surface area (Å²) in [5, 5.41) is 14.1. The van der Waals surface area contributed by atoms with E-state index in [2.05, 4.69) is 10.6 Å². The summed E-state index contributed by atoms with van der Waals surface area (Å²) < 4.78 is 18.4. The number of carboxylic acid groups (broad SMARTS) is 1. The van der Waals surface area contributed by atoms with E-state index in [1.807, 2.05) is 0 Å². The largest absolute Gasteiger partial charge is 0.478 e. The SMILES string of the molecule is O=C(Nc1ccc(F)c(C(=O)O)c1)NC1CCOCC1. The van der Waals surface area contributed by atoms with Crippen LogP contribution in [0.3, 0.4) is 0 Å². The number of anilines is 1. The van der Waals surface area contributed by atoms with E-state index in [-0.39, 0.29) is 11.7 Å². The first-order valence-electron chi connectivity index (χ1n) is 6.24. The van der Waals surface area contributed by atoms with E-state index >= 15 is 0 Å². The van der Waals surface area contributed by atoms with E-state index in [4.69, 9.17) is 9.84 Å². The van der Waals surface area contributed by atoms with Gasteiger partial charge in [-0.25, -0.2) is 14.0 Å². The molecule has 0 unspecified atom stereocenters. The van der Waals surface area contributed by atoms with E-state index in [0.29, 0.717) is 13.2 Å². The maximum absolute atomic E-state index is 13.2. The van der Waals surface area contributed by atoms with Crippen LogP contribution < -0.4 is 10.6 Å². The summed E-state index contributed by atoms with van der Waals surface area (Å²) >= 11 is 0. The van der Waals surface area contributed by atoms with Crippen molar-refractivity contribution in [3.8, 4) is 0 Å². The van der Waals surface area contributed by atoms with Gasteiger partial charge >= 0.3 is 12.0 Å². The van der Waals surface area contributed by atoms with Gasteiger partial charge in [0.25, 0.3) is 0 Å². The highest BCUT2D eigenvalue weighted by Crippen LogP contribution is 2.15. The number of rotatable bonds is 3. The van der Waals surface area contributed by atoms with Crippen molar-refractivity contribution in [2.45, 2.75) is 18.9 Å². The van der Waals surface area contributed by atoms with Crippen molar-refractivity contribution in [3.63, 3.8) is 0 Å². The van der Waals surface area contributed by atoms with Gasteiger partial charge in [-0.1, -0.05) is 0 Å². The van der Waals surface area contributed by atoms with E-state index < -0.39 is 23.4 Å². The molecule has 7 heteroatoms. The monoisotopic (exact) mass is 282 g/mol. The van der Waals surface area contributed by atoms with Crippen molar-refractivity contribution in [1.82, 2.24) is 5.32 Å². The van der Waals surface area contributed by atoms with Gasteiger partial charge in [-0.15, -0.1) is 0 Å². The zero-order valence-electron chi connectivity index (χ0n) is 10.7. The Bertz CT molecular complexity index is 515. The first-order chi connectivity index (χ1) is 9.56. The lowest BCUT2D eigenvalue weighted by Crippen LogP contribution is -2.41. The van der Waals surface area contributed by atoms with Crippen LogP contribution in [0.15, 0.2) is 18.2 Å². The predicted octanol–water partition coefficient (Wildman–Crippen LogP) is 1.82. The number of halogens is 1. The standard InChI is InChI=1S/C13H15FN2O4/c14-11-2-1-9(7-10(11)12(17)18)16-13(19)15-8-3-5-20-6-4-8/h1-2,7-8H,3-6H2,(H,17,18)(H2,15,16,19). The molecule has 1 aromatic rings. The lowest BCUT2D eigenvalue weighted by atomic mass is 10.1. The van der Waals surface area contributed by atoms with Crippen LogP contribution in [0.2, 0.25) is 0 Å². The van der Waals surface area contributed by atoms with Gasteiger partial charge in [0, 0.05) is 24.9 Å². The van der Waals surface area contributed by atoms with Crippen LogP contribution in [0, 0.1) is 5.82 Å². The van der Waals surface area contributed by atoms with Crippen molar-refractivity contribution in [1.29, 1.82) is 0 Å². The quantitative estimate of drug-likeness (QED) is 0.789. The number of carbonyl (C=O) groups is 2. The number of carbonyl (C=O) groups excluding carboxylic acids is 1. The number of urea groups is 1. The fraction of sp³-hybridized carbons (Fsp3) is 0.385. The molecule has 2 amide bonds. The third-order valence-corrected chi connectivity index (χ3v) is 3.01. The molecular formula is C13H15FN2O4. The minimum atomic E-state index is -1.38. The molecule has 0 aromatic heterocycles. The molecule has 0 spiro atoms. The van der Waals surface area contributed by atoms with E-state index in [1.165, 1.54) is 6.07 Å². The molecule has 6 nitrogen and oxygen atoms in total. The minimum Gasteiger partial charge on any atom is -0.478 e. The summed E-state index contributed by atoms with van der Waals surface area (Å²) in [5.74, 6) is -2.22. The topological polar surface area (TPSA) is 87.7 Å². The van der Waals surface area contributed by atoms with Crippen molar-refractivity contribution < 1.29 is 23.8 Å². The number of ether oxygens (including phenoxy) is 1. The number of hydrogen-bond donors (Lipinski definition) is 3. The molecule has 1 saturated heterocycles. The number of amides is 2. The molecule has 1 aromatic carbocycles. The molecule has 0 radical (unpaired) electrons. The van der Waals surface area contributed by atoms with Crippen LogP contribution in [-0.4, -0.2) is 36.4 Å². The zero-order valence-corrected chi connectivity index (χ0v) is 10.7. The molecule has 1 fully saturated rings. The van der Waals surface area contributed by atoms with Gasteiger partial charge < -0.3 is 20.5 Å². The summed E-state index contributed by atoms with van der Waals surface area (Å²) in [6, 6.07) is 2.99. The Morgan fingerprint density at radius 2 is 2.00 bits per heavy atom. The highest BCUT2D eigenvalue weighted by atomic mass is 19.1. The van der Waals surface area contributed by atoms with Gasteiger partial charge in [0.2, 0.25) is 0 Å². The molecule has 20 heavy (non-hydrogen) atoms. The summed E-state index contributed by atoms with van der Waals surface area (Å²) in [5.41, 5.74) is -0.248. The summed E-state index contributed by atoms with van der Waals surface area (Å²) in [7, 11) is 0. The van der Waals surface area contributed by atoms with Gasteiger partial charge in [0.1, 0.15) is 5.82 Å². The minimum absolute atomic E-state index is 0.0307. The zero-order chi connectivity index (χ0) is 14.5. The van der Waals surface area contributed by atoms with Crippen LogP contribution >= 0.6 is 0 Å². The number of carboxylic acids is 1. The van der Waals surface area contributed by atoms with Crippen LogP contribution in [0.25, 0.3) is 0 Å². The van der Waals surface area contributed by atoms with Gasteiger partial charge in [-0.3, -0.25) is 0 Å². The van der Waals surface area contributed by atoms with Crippen LogP contribution in [-0.2, 0) is 4.74 Å². The molecular weight excluding hydrogens is 267 g/mol. The Balaban J connectivity index is 1.96. The highest BCUT2D eigenvalue weighted by molar-refractivity contribution is 5.93. The Labute approximate surface area is 114 Å². The lowest BCUT2D eigenvalue weighted by molar-refractivity contribution is 0.0691. The van der Waals surface area contributed by atoms with Crippen LogP contribution in [0.1, 0.15) is 23.2 Å². The van der Waals surface area contributed by atoms with E-state index in [9.17, 15) is 14.0 Å². The fourth-order valence-electron chi connectivity index (χ4n) is 1.96. The predicted molar refractivity (Wildman–Crippen MR) is 69.4 cm³/mol. The highest BCUT2D eigenvalue weighted by Gasteiger charge is 2.17. The molecule has 1 aliphatic heterocycles. The third-order valence-electron chi connectivity index (χ3n) is 3.01. The fourth-order valence-corrected chi connectivity index (χ4v) is 1.96. The number of benzene rings is 1. The number of hydrogen-bond acceptors (Lipinski definition) is 3. The first kappa shape index (κ1) is 14.3. The Morgan fingerprint density at radius 1 is 1.30 bits per heavy atom. The Kier molecular flexibility index (Phi) is 4.52. The normalized spacial score (nSPS) is 15.7. The van der Waals surface area contributed by atoms with Gasteiger partial charge in [0.15, 0.2) is 0 Å². The third kappa shape index (κ3) is 3.67. The number of aromatic carboxylic acids is 1. The maximum atomic E-state index is 13.2. The van der Waals surface area contributed by atoms with Crippen molar-refractivity contribution in [2.24, 2.45) is 0 Å². The molecule has 0 atom stereocenters. The Morgan fingerprint density at radius 3 is 2.65 bits per heavy atom. The second kappa shape index (κ2) is 6.33. The van der Waals surface area contributed by atoms with Gasteiger partial charge in [0.05, 0.1) is 5.56 Å². The van der Waals surface area contributed by atoms with E-state index in [0.717, 1.165) is 25.0 Å². The molecule has 2 rings (SSSR count). The molecule has 1 aliphatic rings.